The van der Waals surface area contributed by atoms with Crippen molar-refractivity contribution in [2.24, 2.45) is 5.41 Å². The maximum absolute atomic E-state index is 13.8. The molecule has 1 aliphatic rings. The Morgan fingerprint density at radius 2 is 1.45 bits per heavy atom. The molecule has 0 saturated carbocycles. The summed E-state index contributed by atoms with van der Waals surface area (Å²) in [7, 11) is -2.40. The molecule has 0 spiro atoms. The van der Waals surface area contributed by atoms with E-state index in [0.717, 1.165) is 34.6 Å². The highest BCUT2D eigenvalue weighted by atomic mass is 32.2. The molecule has 1 heterocycles. The van der Waals surface area contributed by atoms with Gasteiger partial charge in [0.05, 0.1) is 12.0 Å². The van der Waals surface area contributed by atoms with E-state index in [1.807, 2.05) is 45.9 Å². The summed E-state index contributed by atoms with van der Waals surface area (Å²) in [6.07, 6.45) is -0.569. The second-order valence-corrected chi connectivity index (χ2v) is 20.5. The number of hydrogen-bond donors (Lipinski definition) is 0. The zero-order valence-electron chi connectivity index (χ0n) is 25.5. The van der Waals surface area contributed by atoms with Crippen LogP contribution < -0.4 is 0 Å². The van der Waals surface area contributed by atoms with Crippen molar-refractivity contribution in [3.63, 3.8) is 0 Å². The van der Waals surface area contributed by atoms with Crippen molar-refractivity contribution in [3.8, 4) is 11.1 Å². The first-order chi connectivity index (χ1) is 18.6. The average molecular weight is 603 g/mol. The normalized spacial score (nSPS) is 17.5. The summed E-state index contributed by atoms with van der Waals surface area (Å²) in [6, 6.07) is 18.5. The van der Waals surface area contributed by atoms with Crippen LogP contribution in [-0.4, -0.2) is 48.6 Å². The van der Waals surface area contributed by atoms with Gasteiger partial charge in [-0.05, 0) is 80.4 Å². The molecule has 0 bridgehead atoms. The van der Waals surface area contributed by atoms with Gasteiger partial charge in [0.15, 0.2) is 18.5 Å². The van der Waals surface area contributed by atoms with Gasteiger partial charge in [-0.3, -0.25) is 4.79 Å². The van der Waals surface area contributed by atoms with Crippen LogP contribution in [0.4, 0.5) is 0 Å². The van der Waals surface area contributed by atoms with Crippen molar-refractivity contribution in [1.29, 1.82) is 0 Å². The second kappa shape index (κ2) is 13.1. The molecule has 1 fully saturated rings. The predicted molar refractivity (Wildman–Crippen MR) is 171 cm³/mol. The van der Waals surface area contributed by atoms with Crippen molar-refractivity contribution in [2.75, 3.05) is 18.1 Å². The topological polar surface area (TPSA) is 61.8 Å². The summed E-state index contributed by atoms with van der Waals surface area (Å²) >= 11 is 3.05. The SMILES string of the molecule is CCOC(=O)C1(C(OC(=O)C(C)(C)C)[C@H](O[Si](C)(C)C(C)(C)C)c2ccc(-c3ccccc3)cc2)SCCCS1. The van der Waals surface area contributed by atoms with Crippen molar-refractivity contribution in [3.05, 3.63) is 60.2 Å². The molecule has 0 N–H and O–H groups in total. The smallest absolute Gasteiger partial charge is 0.336 e. The van der Waals surface area contributed by atoms with Gasteiger partial charge in [0, 0.05) is 0 Å². The minimum atomic E-state index is -2.40. The van der Waals surface area contributed by atoms with Gasteiger partial charge in [0.25, 0.3) is 0 Å². The maximum Gasteiger partial charge on any atom is 0.336 e. The molecule has 0 aromatic heterocycles. The number of esters is 2. The fourth-order valence-corrected chi connectivity index (χ4v) is 8.58. The van der Waals surface area contributed by atoms with Crippen molar-refractivity contribution >= 4 is 43.8 Å². The molecular weight excluding hydrogens is 557 g/mol. The van der Waals surface area contributed by atoms with E-state index in [9.17, 15) is 9.59 Å². The van der Waals surface area contributed by atoms with E-state index in [4.69, 9.17) is 13.9 Å². The number of benzene rings is 2. The zero-order chi connectivity index (χ0) is 29.8. The summed E-state index contributed by atoms with van der Waals surface area (Å²) in [5.41, 5.74) is 2.33. The fourth-order valence-electron chi connectivity index (χ4n) is 4.10. The highest BCUT2D eigenvalue weighted by Crippen LogP contribution is 2.53. The third-order valence-corrected chi connectivity index (χ3v) is 15.4. The first-order valence-corrected chi connectivity index (χ1v) is 19.0. The average Bonchev–Trinajstić information content (AvgIpc) is 2.90. The number of thioether (sulfide) groups is 2. The lowest BCUT2D eigenvalue weighted by molar-refractivity contribution is -0.169. The van der Waals surface area contributed by atoms with Crippen LogP contribution in [-0.2, 0) is 23.5 Å². The Labute approximate surface area is 250 Å². The van der Waals surface area contributed by atoms with E-state index in [1.165, 1.54) is 23.5 Å². The second-order valence-electron chi connectivity index (χ2n) is 12.8. The maximum atomic E-state index is 13.8. The molecule has 220 valence electrons. The Hall–Kier alpha value is -1.74. The van der Waals surface area contributed by atoms with Crippen LogP contribution >= 0.6 is 23.5 Å². The van der Waals surface area contributed by atoms with E-state index in [2.05, 4.69) is 70.3 Å². The highest BCUT2D eigenvalue weighted by molar-refractivity contribution is 8.20. The fraction of sp³-hybridized carbons (Fsp3) is 0.562. The number of ether oxygens (including phenoxy) is 2. The molecule has 2 atom stereocenters. The van der Waals surface area contributed by atoms with Crippen LogP contribution in [0.15, 0.2) is 54.6 Å². The van der Waals surface area contributed by atoms with Crippen LogP contribution in [0, 0.1) is 5.41 Å². The lowest BCUT2D eigenvalue weighted by atomic mass is 9.95. The lowest BCUT2D eigenvalue weighted by Crippen LogP contribution is -2.55. The largest absolute Gasteiger partial charge is 0.464 e. The molecule has 1 saturated heterocycles. The van der Waals surface area contributed by atoms with Gasteiger partial charge in [-0.2, -0.15) is 0 Å². The Kier molecular flexibility index (Phi) is 10.7. The number of carbonyl (C=O) groups excluding carboxylic acids is 2. The van der Waals surface area contributed by atoms with E-state index in [1.54, 1.807) is 0 Å². The molecule has 8 heteroatoms. The summed E-state index contributed by atoms with van der Waals surface area (Å²) in [6.45, 7) is 18.5. The molecule has 0 amide bonds. The molecule has 0 radical (unpaired) electrons. The summed E-state index contributed by atoms with van der Waals surface area (Å²) in [5, 5.41) is -0.0994. The van der Waals surface area contributed by atoms with E-state index >= 15 is 0 Å². The quantitative estimate of drug-likeness (QED) is 0.211. The molecule has 40 heavy (non-hydrogen) atoms. The first-order valence-electron chi connectivity index (χ1n) is 14.1. The van der Waals surface area contributed by atoms with Crippen molar-refractivity contribution in [2.45, 2.75) is 89.3 Å². The van der Waals surface area contributed by atoms with Crippen LogP contribution in [0.3, 0.4) is 0 Å². The van der Waals surface area contributed by atoms with Crippen LogP contribution in [0.2, 0.25) is 18.1 Å². The van der Waals surface area contributed by atoms with Crippen molar-refractivity contribution < 1.29 is 23.5 Å². The van der Waals surface area contributed by atoms with Gasteiger partial charge in [-0.25, -0.2) is 4.79 Å². The highest BCUT2D eigenvalue weighted by Gasteiger charge is 2.57. The van der Waals surface area contributed by atoms with Crippen molar-refractivity contribution in [1.82, 2.24) is 0 Å². The Morgan fingerprint density at radius 3 is 1.95 bits per heavy atom. The summed E-state index contributed by atoms with van der Waals surface area (Å²) in [4.78, 5) is 27.4. The standard InChI is InChI=1S/C32H46O5S2Si/c1-10-35-29(34)32(38-21-14-22-39-32)27(36-28(33)30(2,3)4)26(37-40(8,9)31(5,6)7)25-19-17-24(18-20-25)23-15-12-11-13-16-23/h11-13,15-20,26-27H,10,14,21-22H2,1-9H3/t26-,27?/m1/s1. The molecule has 2 aromatic rings. The Morgan fingerprint density at radius 1 is 0.900 bits per heavy atom. The third-order valence-electron chi connectivity index (χ3n) is 7.55. The number of hydrogen-bond acceptors (Lipinski definition) is 7. The van der Waals surface area contributed by atoms with E-state index < -0.39 is 30.0 Å². The minimum Gasteiger partial charge on any atom is -0.464 e. The zero-order valence-corrected chi connectivity index (χ0v) is 28.2. The van der Waals surface area contributed by atoms with Gasteiger partial charge in [0.1, 0.15) is 6.10 Å². The lowest BCUT2D eigenvalue weighted by Gasteiger charge is -2.47. The van der Waals surface area contributed by atoms with Gasteiger partial charge in [-0.1, -0.05) is 75.4 Å². The Bertz CT molecular complexity index is 1130. The number of carbonyl (C=O) groups is 2. The van der Waals surface area contributed by atoms with E-state index in [0.29, 0.717) is 0 Å². The van der Waals surface area contributed by atoms with Crippen LogP contribution in [0.5, 0.6) is 0 Å². The predicted octanol–water partition coefficient (Wildman–Crippen LogP) is 8.50. The summed E-state index contributed by atoms with van der Waals surface area (Å²) < 4.78 is 18.1. The molecule has 3 rings (SSSR count). The van der Waals surface area contributed by atoms with Gasteiger partial charge in [0.2, 0.25) is 0 Å². The molecule has 5 nitrogen and oxygen atoms in total. The monoisotopic (exact) mass is 602 g/mol. The third kappa shape index (κ3) is 7.55. The molecule has 0 aliphatic carbocycles. The Balaban J connectivity index is 2.21. The first kappa shape index (κ1) is 32.8. The van der Waals surface area contributed by atoms with Gasteiger partial charge < -0.3 is 13.9 Å². The van der Waals surface area contributed by atoms with Crippen LogP contribution in [0.1, 0.15) is 66.6 Å². The minimum absolute atomic E-state index is 0.0994. The molecule has 1 aliphatic heterocycles. The molecule has 1 unspecified atom stereocenters. The summed E-state index contributed by atoms with van der Waals surface area (Å²) in [5.74, 6) is 0.823. The van der Waals surface area contributed by atoms with Gasteiger partial charge >= 0.3 is 11.9 Å². The van der Waals surface area contributed by atoms with Crippen LogP contribution in [0.25, 0.3) is 11.1 Å². The molecule has 2 aromatic carbocycles. The number of rotatable bonds is 9. The van der Waals surface area contributed by atoms with Gasteiger partial charge in [-0.15, -0.1) is 23.5 Å². The molecular formula is C32H46O5S2Si. The van der Waals surface area contributed by atoms with E-state index in [-0.39, 0.29) is 23.6 Å².